The van der Waals surface area contributed by atoms with Crippen molar-refractivity contribution in [3.05, 3.63) is 72.0 Å². The molecule has 2 aromatic heterocycles. The van der Waals surface area contributed by atoms with Gasteiger partial charge >= 0.3 is 0 Å². The minimum absolute atomic E-state index is 0.145. The lowest BCUT2D eigenvalue weighted by Crippen LogP contribution is -2.08. The van der Waals surface area contributed by atoms with Crippen LogP contribution >= 0.6 is 0 Å². The number of hydrogen-bond donors (Lipinski definition) is 1. The molecule has 1 unspecified atom stereocenters. The molecule has 1 amide bonds. The molecule has 2 heterocycles. The average Bonchev–Trinajstić information content (AvgIpc) is 3.34. The number of aliphatic imine (C=N–C) groups is 1. The zero-order valence-corrected chi connectivity index (χ0v) is 15.5. The Balaban J connectivity index is 1.58. The quantitative estimate of drug-likeness (QED) is 0.526. The predicted molar refractivity (Wildman–Crippen MR) is 105 cm³/mol. The monoisotopic (exact) mass is 392 g/mol. The largest absolute Gasteiger partial charge is 0.395 e. The van der Waals surface area contributed by atoms with E-state index >= 15 is 0 Å². The number of aryl methyl sites for hydroxylation is 1. The normalized spacial score (nSPS) is 12.7. The second-order valence-electron chi connectivity index (χ2n) is 6.51. The van der Waals surface area contributed by atoms with Gasteiger partial charge in [0.1, 0.15) is 5.82 Å². The molecule has 2 aromatic carbocycles. The standard InChI is InChI=1S/C21H17FN4O3/c1-26-11-17(16-4-2-3-5-18(16)26)19-24-21(29-25-19)14(12-27)10-23-20(28)13-6-8-15(22)9-7-13/h2-11,14,27H,12H2,1H3/b23-10-. The van der Waals surface area contributed by atoms with Crippen LogP contribution < -0.4 is 0 Å². The second kappa shape index (κ2) is 7.76. The van der Waals surface area contributed by atoms with Crippen molar-refractivity contribution in [2.45, 2.75) is 5.92 Å². The SMILES string of the molecule is Cn1cc(-c2noc(C(/C=N\C(=O)c3ccc(F)cc3)CO)n2)c2ccccc21. The molecule has 0 aliphatic heterocycles. The van der Waals surface area contributed by atoms with Crippen LogP contribution in [0.3, 0.4) is 0 Å². The van der Waals surface area contributed by atoms with Gasteiger partial charge in [-0.05, 0) is 30.3 Å². The van der Waals surface area contributed by atoms with E-state index < -0.39 is 17.6 Å². The maximum absolute atomic E-state index is 13.0. The number of halogens is 1. The Morgan fingerprint density at radius 3 is 2.79 bits per heavy atom. The first-order valence-electron chi connectivity index (χ1n) is 8.90. The number of amides is 1. The summed E-state index contributed by atoms with van der Waals surface area (Å²) >= 11 is 0. The summed E-state index contributed by atoms with van der Waals surface area (Å²) in [5.41, 5.74) is 2.06. The summed E-state index contributed by atoms with van der Waals surface area (Å²) in [6.07, 6.45) is 3.16. The van der Waals surface area contributed by atoms with E-state index in [9.17, 15) is 14.3 Å². The second-order valence-corrected chi connectivity index (χ2v) is 6.51. The van der Waals surface area contributed by atoms with Crippen molar-refractivity contribution in [2.75, 3.05) is 6.61 Å². The number of carbonyl (C=O) groups excluding carboxylic acids is 1. The average molecular weight is 392 g/mol. The van der Waals surface area contributed by atoms with Crippen LogP contribution in [-0.4, -0.2) is 38.5 Å². The van der Waals surface area contributed by atoms with Gasteiger partial charge in [0.05, 0.1) is 12.5 Å². The molecule has 146 valence electrons. The van der Waals surface area contributed by atoms with Gasteiger partial charge in [-0.15, -0.1) is 0 Å². The van der Waals surface area contributed by atoms with Gasteiger partial charge in [0, 0.05) is 41.5 Å². The van der Waals surface area contributed by atoms with Crippen LogP contribution in [0.5, 0.6) is 0 Å². The summed E-state index contributed by atoms with van der Waals surface area (Å²) in [6.45, 7) is -0.364. The highest BCUT2D eigenvalue weighted by molar-refractivity contribution is 5.99. The third-order valence-electron chi connectivity index (χ3n) is 4.56. The van der Waals surface area contributed by atoms with Gasteiger partial charge < -0.3 is 14.2 Å². The number of aromatic nitrogens is 3. The van der Waals surface area contributed by atoms with Crippen molar-refractivity contribution in [1.82, 2.24) is 14.7 Å². The molecule has 8 heteroatoms. The minimum Gasteiger partial charge on any atom is -0.395 e. The maximum atomic E-state index is 13.0. The summed E-state index contributed by atoms with van der Waals surface area (Å²) in [5.74, 6) is -1.21. The molecule has 29 heavy (non-hydrogen) atoms. The Morgan fingerprint density at radius 2 is 2.03 bits per heavy atom. The molecule has 1 N–H and O–H groups in total. The number of rotatable bonds is 5. The first-order chi connectivity index (χ1) is 14.1. The number of benzene rings is 2. The third-order valence-corrected chi connectivity index (χ3v) is 4.56. The Bertz CT molecular complexity index is 1190. The van der Waals surface area contributed by atoms with E-state index in [4.69, 9.17) is 4.52 Å². The summed E-state index contributed by atoms with van der Waals surface area (Å²) in [4.78, 5) is 20.3. The van der Waals surface area contributed by atoms with Gasteiger partial charge in [0.2, 0.25) is 11.7 Å². The number of para-hydroxylation sites is 1. The number of nitrogens with zero attached hydrogens (tertiary/aromatic N) is 4. The van der Waals surface area contributed by atoms with Crippen molar-refractivity contribution in [3.8, 4) is 11.4 Å². The number of fused-ring (bicyclic) bond motifs is 1. The highest BCUT2D eigenvalue weighted by Crippen LogP contribution is 2.28. The Kier molecular flexibility index (Phi) is 5.01. The molecule has 0 aliphatic rings. The molecule has 0 saturated heterocycles. The minimum atomic E-state index is -0.740. The molecule has 4 rings (SSSR count). The lowest BCUT2D eigenvalue weighted by atomic mass is 10.1. The van der Waals surface area contributed by atoms with Crippen molar-refractivity contribution in [3.63, 3.8) is 0 Å². The Morgan fingerprint density at radius 1 is 1.28 bits per heavy atom. The smallest absolute Gasteiger partial charge is 0.276 e. The summed E-state index contributed by atoms with van der Waals surface area (Å²) in [6, 6.07) is 12.9. The molecule has 0 radical (unpaired) electrons. The number of carbonyl (C=O) groups is 1. The van der Waals surface area contributed by atoms with Crippen LogP contribution in [0.4, 0.5) is 4.39 Å². The van der Waals surface area contributed by atoms with Crippen LogP contribution in [0.15, 0.2) is 64.2 Å². The zero-order chi connectivity index (χ0) is 20.4. The van der Waals surface area contributed by atoms with Gasteiger partial charge in [-0.2, -0.15) is 4.98 Å². The van der Waals surface area contributed by atoms with Crippen molar-refractivity contribution in [1.29, 1.82) is 0 Å². The van der Waals surface area contributed by atoms with E-state index in [0.717, 1.165) is 16.5 Å². The van der Waals surface area contributed by atoms with E-state index in [0.29, 0.717) is 5.82 Å². The maximum Gasteiger partial charge on any atom is 0.276 e. The van der Waals surface area contributed by atoms with E-state index in [1.807, 2.05) is 42.1 Å². The van der Waals surface area contributed by atoms with Crippen LogP contribution in [0.1, 0.15) is 22.2 Å². The highest BCUT2D eigenvalue weighted by atomic mass is 19.1. The number of aliphatic hydroxyl groups is 1. The Hall–Kier alpha value is -3.65. The van der Waals surface area contributed by atoms with Gasteiger partial charge in [0.15, 0.2) is 0 Å². The van der Waals surface area contributed by atoms with E-state index in [2.05, 4.69) is 15.1 Å². The fourth-order valence-electron chi connectivity index (χ4n) is 3.03. The fraction of sp³-hybridized carbons (Fsp3) is 0.143. The summed E-state index contributed by atoms with van der Waals surface area (Å²) in [7, 11) is 1.93. The summed E-state index contributed by atoms with van der Waals surface area (Å²) in [5, 5.41) is 14.7. The van der Waals surface area contributed by atoms with E-state index in [1.165, 1.54) is 30.5 Å². The lowest BCUT2D eigenvalue weighted by Gasteiger charge is -2.01. The summed E-state index contributed by atoms with van der Waals surface area (Å²) < 4.78 is 20.2. The van der Waals surface area contributed by atoms with Crippen molar-refractivity contribution in [2.24, 2.45) is 12.0 Å². The van der Waals surface area contributed by atoms with Gasteiger partial charge in [-0.1, -0.05) is 23.4 Å². The highest BCUT2D eigenvalue weighted by Gasteiger charge is 2.20. The molecule has 0 saturated carbocycles. The molecule has 0 spiro atoms. The molecule has 0 fully saturated rings. The Labute approximate surface area is 165 Å². The van der Waals surface area contributed by atoms with E-state index in [1.54, 1.807) is 0 Å². The number of hydrogen-bond acceptors (Lipinski definition) is 5. The first-order valence-corrected chi connectivity index (χ1v) is 8.90. The predicted octanol–water partition coefficient (Wildman–Crippen LogP) is 3.35. The van der Waals surface area contributed by atoms with Gasteiger partial charge in [-0.3, -0.25) is 4.79 Å². The van der Waals surface area contributed by atoms with Crippen molar-refractivity contribution < 1.29 is 18.8 Å². The molecule has 0 bridgehead atoms. The molecule has 0 aliphatic carbocycles. The third kappa shape index (κ3) is 3.70. The zero-order valence-electron chi connectivity index (χ0n) is 15.5. The van der Waals surface area contributed by atoms with Crippen LogP contribution in [0.2, 0.25) is 0 Å². The van der Waals surface area contributed by atoms with Gasteiger partial charge in [0.25, 0.3) is 5.91 Å². The fourth-order valence-corrected chi connectivity index (χ4v) is 3.03. The molecular formula is C21H17FN4O3. The molecule has 4 aromatic rings. The first kappa shape index (κ1) is 18.7. The van der Waals surface area contributed by atoms with E-state index in [-0.39, 0.29) is 18.1 Å². The van der Waals surface area contributed by atoms with Crippen LogP contribution in [0.25, 0.3) is 22.3 Å². The van der Waals surface area contributed by atoms with Crippen LogP contribution in [-0.2, 0) is 7.05 Å². The lowest BCUT2D eigenvalue weighted by molar-refractivity contribution is 0.100. The number of aliphatic hydroxyl groups excluding tert-OH is 1. The van der Waals surface area contributed by atoms with Crippen molar-refractivity contribution >= 4 is 23.0 Å². The molecular weight excluding hydrogens is 375 g/mol. The van der Waals surface area contributed by atoms with Gasteiger partial charge in [-0.25, -0.2) is 9.38 Å². The molecule has 7 nitrogen and oxygen atoms in total. The van der Waals surface area contributed by atoms with Crippen LogP contribution in [0, 0.1) is 5.82 Å². The topological polar surface area (TPSA) is 93.5 Å². The molecule has 1 atom stereocenters.